The third-order valence-electron chi connectivity index (χ3n) is 6.56. The zero-order valence-electron chi connectivity index (χ0n) is 19.7. The number of hydrogen-bond donors (Lipinski definition) is 4. The molecule has 2 aromatic carbocycles. The summed E-state index contributed by atoms with van der Waals surface area (Å²) in [7, 11) is 0. The Bertz CT molecular complexity index is 1410. The van der Waals surface area contributed by atoms with Crippen LogP contribution in [0.15, 0.2) is 54.7 Å². The largest absolute Gasteiger partial charge is 0.354 e. The molecule has 184 valence electrons. The highest BCUT2D eigenvalue weighted by molar-refractivity contribution is 5.93. The Labute approximate surface area is 207 Å². The van der Waals surface area contributed by atoms with Crippen molar-refractivity contribution in [3.05, 3.63) is 60.3 Å². The van der Waals surface area contributed by atoms with Crippen molar-refractivity contribution in [1.82, 2.24) is 40.7 Å². The van der Waals surface area contributed by atoms with Crippen LogP contribution in [-0.2, 0) is 16.1 Å². The van der Waals surface area contributed by atoms with Crippen LogP contribution < -0.4 is 16.0 Å². The van der Waals surface area contributed by atoms with Crippen molar-refractivity contribution in [1.29, 1.82) is 0 Å². The molecule has 1 aliphatic carbocycles. The molecule has 36 heavy (non-hydrogen) atoms. The van der Waals surface area contributed by atoms with Crippen LogP contribution in [0.2, 0.25) is 0 Å². The first-order valence-electron chi connectivity index (χ1n) is 12.1. The van der Waals surface area contributed by atoms with Gasteiger partial charge in [0.25, 0.3) is 0 Å². The molecule has 0 radical (unpaired) electrons. The maximum atomic E-state index is 12.7. The molecule has 1 saturated heterocycles. The Morgan fingerprint density at radius 1 is 1.14 bits per heavy atom. The van der Waals surface area contributed by atoms with Crippen LogP contribution in [0.5, 0.6) is 0 Å². The molecular formula is C25H27N9O2. The van der Waals surface area contributed by atoms with Crippen LogP contribution >= 0.6 is 0 Å². The maximum absolute atomic E-state index is 12.7. The van der Waals surface area contributed by atoms with E-state index in [1.807, 2.05) is 52.2 Å². The lowest BCUT2D eigenvalue weighted by molar-refractivity contribution is -0.127. The third kappa shape index (κ3) is 4.78. The minimum atomic E-state index is -0.522. The van der Waals surface area contributed by atoms with Gasteiger partial charge in [0.05, 0.1) is 31.3 Å². The predicted molar refractivity (Wildman–Crippen MR) is 134 cm³/mol. The van der Waals surface area contributed by atoms with Crippen molar-refractivity contribution in [3.8, 4) is 11.3 Å². The van der Waals surface area contributed by atoms with E-state index in [4.69, 9.17) is 0 Å². The Kier molecular flexibility index (Phi) is 5.61. The maximum Gasteiger partial charge on any atom is 0.235 e. The van der Waals surface area contributed by atoms with Crippen LogP contribution in [0.1, 0.15) is 18.4 Å². The van der Waals surface area contributed by atoms with Crippen molar-refractivity contribution in [2.24, 2.45) is 0 Å². The van der Waals surface area contributed by atoms with Gasteiger partial charge in [0.1, 0.15) is 11.4 Å². The van der Waals surface area contributed by atoms with Crippen LogP contribution in [0, 0.1) is 0 Å². The summed E-state index contributed by atoms with van der Waals surface area (Å²) in [5.41, 5.74) is 3.24. The van der Waals surface area contributed by atoms with E-state index < -0.39 is 5.66 Å². The number of piperazine rings is 1. The quantitative estimate of drug-likeness (QED) is 0.277. The smallest absolute Gasteiger partial charge is 0.235 e. The fourth-order valence-electron chi connectivity index (χ4n) is 4.52. The van der Waals surface area contributed by atoms with Gasteiger partial charge in [0.15, 0.2) is 5.82 Å². The number of aromatic amines is 1. The number of H-pyrrole nitrogens is 1. The Hall–Kier alpha value is -4.25. The van der Waals surface area contributed by atoms with Gasteiger partial charge in [-0.25, -0.2) is 4.68 Å². The van der Waals surface area contributed by atoms with Crippen LogP contribution in [0.25, 0.3) is 22.2 Å². The van der Waals surface area contributed by atoms with Gasteiger partial charge in [0, 0.05) is 24.0 Å². The van der Waals surface area contributed by atoms with Gasteiger partial charge in [-0.1, -0.05) is 41.6 Å². The topological polar surface area (TPSA) is 133 Å². The van der Waals surface area contributed by atoms with E-state index >= 15 is 0 Å². The number of hydrogen-bond acceptors (Lipinski definition) is 7. The Balaban J connectivity index is 1.15. The molecular weight excluding hydrogens is 458 g/mol. The van der Waals surface area contributed by atoms with E-state index in [2.05, 4.69) is 48.6 Å². The molecule has 11 heteroatoms. The number of carbonyl (C=O) groups excluding carboxylic acids is 2. The molecule has 6 rings (SSSR count). The molecule has 3 heterocycles. The van der Waals surface area contributed by atoms with Crippen molar-refractivity contribution in [3.63, 3.8) is 0 Å². The monoisotopic (exact) mass is 485 g/mol. The minimum absolute atomic E-state index is 0.0489. The lowest BCUT2D eigenvalue weighted by atomic mass is 10.1. The molecule has 2 aromatic heterocycles. The number of carbonyl (C=O) groups is 2. The van der Waals surface area contributed by atoms with Crippen LogP contribution in [0.3, 0.4) is 0 Å². The predicted octanol–water partition coefficient (Wildman–Crippen LogP) is 1.32. The lowest BCUT2D eigenvalue weighted by Crippen LogP contribution is -2.53. The number of aromatic nitrogens is 5. The van der Waals surface area contributed by atoms with Gasteiger partial charge >= 0.3 is 0 Å². The second-order valence-electron chi connectivity index (χ2n) is 9.44. The number of fused-ring (bicyclic) bond motifs is 1. The fraction of sp³-hybridized carbons (Fsp3) is 0.320. The van der Waals surface area contributed by atoms with Gasteiger partial charge in [0.2, 0.25) is 11.8 Å². The molecule has 0 bridgehead atoms. The molecule has 0 unspecified atom stereocenters. The average molecular weight is 486 g/mol. The third-order valence-corrected chi connectivity index (χ3v) is 6.56. The van der Waals surface area contributed by atoms with Gasteiger partial charge in [-0.15, -0.1) is 5.10 Å². The summed E-state index contributed by atoms with van der Waals surface area (Å²) in [6.45, 7) is 2.33. The zero-order valence-corrected chi connectivity index (χ0v) is 19.7. The summed E-state index contributed by atoms with van der Waals surface area (Å²) in [6.07, 6.45) is 3.55. The summed E-state index contributed by atoms with van der Waals surface area (Å²) >= 11 is 0. The molecule has 2 amide bonds. The fourth-order valence-corrected chi connectivity index (χ4v) is 4.52. The highest BCUT2D eigenvalue weighted by Crippen LogP contribution is 2.38. The SMILES string of the molecule is O=C1CN(CC(=O)NC2(Nc3n[nH]c4ccc(-c5cn(Cc6ccccc6)nn5)cc34)CC2)CCN1. The van der Waals surface area contributed by atoms with Gasteiger partial charge in [-0.05, 0) is 30.5 Å². The Morgan fingerprint density at radius 3 is 2.81 bits per heavy atom. The first-order valence-corrected chi connectivity index (χ1v) is 12.1. The molecule has 4 N–H and O–H groups in total. The van der Waals surface area contributed by atoms with E-state index in [1.54, 1.807) is 0 Å². The number of benzene rings is 2. The normalized spacial score (nSPS) is 17.1. The van der Waals surface area contributed by atoms with Crippen molar-refractivity contribution in [2.75, 3.05) is 31.5 Å². The second-order valence-corrected chi connectivity index (χ2v) is 9.44. The van der Waals surface area contributed by atoms with Gasteiger partial charge in [-0.3, -0.25) is 19.6 Å². The summed E-state index contributed by atoms with van der Waals surface area (Å²) in [5, 5.41) is 26.4. The molecule has 4 aromatic rings. The molecule has 2 aliphatic rings. The first kappa shape index (κ1) is 22.2. The van der Waals surface area contributed by atoms with E-state index in [0.29, 0.717) is 25.5 Å². The number of anilines is 1. The molecule has 1 aliphatic heterocycles. The molecule has 11 nitrogen and oxygen atoms in total. The first-order chi connectivity index (χ1) is 17.6. The van der Waals surface area contributed by atoms with Crippen molar-refractivity contribution in [2.45, 2.75) is 25.0 Å². The Morgan fingerprint density at radius 2 is 2.00 bits per heavy atom. The lowest BCUT2D eigenvalue weighted by Gasteiger charge is -2.27. The number of amides is 2. The van der Waals surface area contributed by atoms with Crippen molar-refractivity contribution >= 4 is 28.5 Å². The number of nitrogens with one attached hydrogen (secondary N) is 4. The average Bonchev–Trinajstić information content (AvgIpc) is 3.27. The van der Waals surface area contributed by atoms with Gasteiger partial charge in [-0.2, -0.15) is 5.10 Å². The van der Waals surface area contributed by atoms with E-state index in [1.165, 1.54) is 0 Å². The second kappa shape index (κ2) is 9.08. The van der Waals surface area contributed by atoms with Crippen LogP contribution in [-0.4, -0.2) is 73.7 Å². The molecule has 0 spiro atoms. The molecule has 0 atom stereocenters. The van der Waals surface area contributed by atoms with E-state index in [0.717, 1.165) is 40.6 Å². The highest BCUT2D eigenvalue weighted by Gasteiger charge is 2.45. The zero-order chi connectivity index (χ0) is 24.5. The van der Waals surface area contributed by atoms with E-state index in [-0.39, 0.29) is 24.9 Å². The molecule has 1 saturated carbocycles. The minimum Gasteiger partial charge on any atom is -0.354 e. The summed E-state index contributed by atoms with van der Waals surface area (Å²) < 4.78 is 1.82. The number of nitrogens with zero attached hydrogens (tertiary/aromatic N) is 5. The van der Waals surface area contributed by atoms with Crippen molar-refractivity contribution < 1.29 is 9.59 Å². The summed E-state index contributed by atoms with van der Waals surface area (Å²) in [6, 6.07) is 16.1. The summed E-state index contributed by atoms with van der Waals surface area (Å²) in [5.74, 6) is 0.524. The standard InChI is InChI=1S/C25H27N9O2/c35-22-15-33(11-10-26-22)16-23(36)27-25(8-9-25)28-24-19-12-18(6-7-20(19)29-31-24)21-14-34(32-30-21)13-17-4-2-1-3-5-17/h1-7,12,14H,8-11,13,15-16H2,(H,26,35)(H,27,36)(H2,28,29,31). The van der Waals surface area contributed by atoms with Crippen LogP contribution in [0.4, 0.5) is 5.82 Å². The molecule has 2 fully saturated rings. The summed E-state index contributed by atoms with van der Waals surface area (Å²) in [4.78, 5) is 26.1. The highest BCUT2D eigenvalue weighted by atomic mass is 16.2. The van der Waals surface area contributed by atoms with Gasteiger partial charge < -0.3 is 16.0 Å². The number of rotatable bonds is 8. The van der Waals surface area contributed by atoms with E-state index in [9.17, 15) is 9.59 Å².